The van der Waals surface area contributed by atoms with Crippen LogP contribution in [0, 0.1) is 0 Å². The monoisotopic (exact) mass is 270 g/mol. The van der Waals surface area contributed by atoms with E-state index in [2.05, 4.69) is 44.4 Å². The zero-order valence-electron chi connectivity index (χ0n) is 13.5. The molecule has 4 N–H and O–H groups in total. The van der Waals surface area contributed by atoms with E-state index in [9.17, 15) is 0 Å². The van der Waals surface area contributed by atoms with E-state index in [1.54, 1.807) is 0 Å². The molecular weight excluding hydrogens is 236 g/mol. The summed E-state index contributed by atoms with van der Waals surface area (Å²) in [6.07, 6.45) is 2.17. The molecule has 0 spiro atoms. The standard InChI is InChI=1S/C15H34N4/c1-11(16)6-8-18-10-13(3)19(9-7-12(2)17)15(5)14(18)4/h11-15H,6-10,16-17H2,1-5H3. The first kappa shape index (κ1) is 16.9. The van der Waals surface area contributed by atoms with E-state index < -0.39 is 0 Å². The summed E-state index contributed by atoms with van der Waals surface area (Å²) < 4.78 is 0. The summed E-state index contributed by atoms with van der Waals surface area (Å²) in [6, 6.07) is 2.40. The van der Waals surface area contributed by atoms with Crippen molar-refractivity contribution in [2.24, 2.45) is 11.5 Å². The first-order valence-electron chi connectivity index (χ1n) is 7.83. The molecule has 4 heteroatoms. The second kappa shape index (κ2) is 7.58. The summed E-state index contributed by atoms with van der Waals surface area (Å²) in [4.78, 5) is 5.22. The van der Waals surface area contributed by atoms with E-state index in [-0.39, 0.29) is 0 Å². The Balaban J connectivity index is 2.54. The number of piperazine rings is 1. The Morgan fingerprint density at radius 1 is 0.947 bits per heavy atom. The Labute approximate surface area is 119 Å². The highest BCUT2D eigenvalue weighted by atomic mass is 15.3. The van der Waals surface area contributed by atoms with Gasteiger partial charge in [0.15, 0.2) is 0 Å². The van der Waals surface area contributed by atoms with Crippen LogP contribution >= 0.6 is 0 Å². The van der Waals surface area contributed by atoms with Crippen molar-refractivity contribution >= 4 is 0 Å². The molecule has 1 fully saturated rings. The zero-order valence-corrected chi connectivity index (χ0v) is 13.5. The van der Waals surface area contributed by atoms with Gasteiger partial charge in [-0.2, -0.15) is 0 Å². The number of hydrogen-bond acceptors (Lipinski definition) is 4. The highest BCUT2D eigenvalue weighted by molar-refractivity contribution is 4.91. The number of nitrogens with zero attached hydrogens (tertiary/aromatic N) is 2. The van der Waals surface area contributed by atoms with Gasteiger partial charge < -0.3 is 11.5 Å². The third kappa shape index (κ3) is 5.03. The molecule has 0 aromatic rings. The van der Waals surface area contributed by atoms with Crippen LogP contribution in [0.4, 0.5) is 0 Å². The van der Waals surface area contributed by atoms with Crippen LogP contribution in [0.1, 0.15) is 47.5 Å². The highest BCUT2D eigenvalue weighted by Gasteiger charge is 2.34. The highest BCUT2D eigenvalue weighted by Crippen LogP contribution is 2.22. The summed E-state index contributed by atoms with van der Waals surface area (Å²) in [7, 11) is 0. The van der Waals surface area contributed by atoms with Crippen molar-refractivity contribution in [3.63, 3.8) is 0 Å². The minimum atomic E-state index is 0.297. The predicted octanol–water partition coefficient (Wildman–Crippen LogP) is 1.24. The van der Waals surface area contributed by atoms with Crippen LogP contribution in [0.3, 0.4) is 0 Å². The SMILES string of the molecule is CC(N)CCN1CC(C)N(CCC(C)N)C(C)C1C. The van der Waals surface area contributed by atoms with Crippen molar-refractivity contribution in [2.45, 2.75) is 77.7 Å². The van der Waals surface area contributed by atoms with Crippen molar-refractivity contribution in [3.8, 4) is 0 Å². The maximum Gasteiger partial charge on any atom is 0.0224 e. The quantitative estimate of drug-likeness (QED) is 0.762. The van der Waals surface area contributed by atoms with Crippen molar-refractivity contribution in [1.82, 2.24) is 9.80 Å². The summed E-state index contributed by atoms with van der Waals surface area (Å²) in [5.74, 6) is 0. The molecule has 1 saturated heterocycles. The average Bonchev–Trinajstić information content (AvgIpc) is 2.31. The van der Waals surface area contributed by atoms with Crippen LogP contribution in [-0.4, -0.2) is 59.6 Å². The van der Waals surface area contributed by atoms with E-state index in [1.165, 1.54) is 0 Å². The topological polar surface area (TPSA) is 58.5 Å². The maximum absolute atomic E-state index is 5.89. The van der Waals surface area contributed by atoms with Crippen LogP contribution in [0.25, 0.3) is 0 Å². The van der Waals surface area contributed by atoms with E-state index >= 15 is 0 Å². The summed E-state index contributed by atoms with van der Waals surface area (Å²) in [5.41, 5.74) is 11.8. The Morgan fingerprint density at radius 3 is 2.00 bits per heavy atom. The summed E-state index contributed by atoms with van der Waals surface area (Å²) in [6.45, 7) is 14.6. The molecular formula is C15H34N4. The molecule has 1 aliphatic heterocycles. The van der Waals surface area contributed by atoms with Crippen molar-refractivity contribution in [1.29, 1.82) is 0 Å². The summed E-state index contributed by atoms with van der Waals surface area (Å²) in [5, 5.41) is 0. The predicted molar refractivity (Wildman–Crippen MR) is 83.2 cm³/mol. The van der Waals surface area contributed by atoms with Gasteiger partial charge in [0.05, 0.1) is 0 Å². The van der Waals surface area contributed by atoms with Crippen molar-refractivity contribution < 1.29 is 0 Å². The second-order valence-electron chi connectivity index (χ2n) is 6.59. The van der Waals surface area contributed by atoms with Gasteiger partial charge >= 0.3 is 0 Å². The van der Waals surface area contributed by atoms with Gasteiger partial charge in [0, 0.05) is 49.8 Å². The first-order chi connectivity index (χ1) is 8.82. The molecule has 114 valence electrons. The minimum absolute atomic E-state index is 0.297. The maximum atomic E-state index is 5.89. The number of hydrogen-bond donors (Lipinski definition) is 2. The lowest BCUT2D eigenvalue weighted by Gasteiger charge is -2.49. The van der Waals surface area contributed by atoms with Gasteiger partial charge in [0.25, 0.3) is 0 Å². The molecule has 5 unspecified atom stereocenters. The van der Waals surface area contributed by atoms with E-state index in [1.807, 2.05) is 0 Å². The molecule has 0 aliphatic carbocycles. The Hall–Kier alpha value is -0.160. The Morgan fingerprint density at radius 2 is 1.47 bits per heavy atom. The molecule has 0 bridgehead atoms. The van der Waals surface area contributed by atoms with Gasteiger partial charge in [-0.1, -0.05) is 0 Å². The minimum Gasteiger partial charge on any atom is -0.328 e. The Bertz CT molecular complexity index is 255. The lowest BCUT2D eigenvalue weighted by molar-refractivity contribution is -0.00400. The van der Waals surface area contributed by atoms with Crippen molar-refractivity contribution in [2.75, 3.05) is 19.6 Å². The largest absolute Gasteiger partial charge is 0.328 e. The molecule has 1 rings (SSSR count). The fourth-order valence-corrected chi connectivity index (χ4v) is 3.04. The first-order valence-corrected chi connectivity index (χ1v) is 7.83. The van der Waals surface area contributed by atoms with Crippen LogP contribution in [-0.2, 0) is 0 Å². The van der Waals surface area contributed by atoms with E-state index in [0.29, 0.717) is 30.2 Å². The summed E-state index contributed by atoms with van der Waals surface area (Å²) >= 11 is 0. The van der Waals surface area contributed by atoms with Gasteiger partial charge in [0.1, 0.15) is 0 Å². The second-order valence-corrected chi connectivity index (χ2v) is 6.59. The van der Waals surface area contributed by atoms with Gasteiger partial charge in [-0.15, -0.1) is 0 Å². The third-order valence-corrected chi connectivity index (χ3v) is 4.58. The number of rotatable bonds is 6. The van der Waals surface area contributed by atoms with Crippen LogP contribution in [0.5, 0.6) is 0 Å². The fraction of sp³-hybridized carbons (Fsp3) is 1.00. The zero-order chi connectivity index (χ0) is 14.6. The molecule has 0 amide bonds. The lowest BCUT2D eigenvalue weighted by atomic mass is 9.99. The fourth-order valence-electron chi connectivity index (χ4n) is 3.04. The molecule has 5 atom stereocenters. The van der Waals surface area contributed by atoms with Gasteiger partial charge in [-0.05, 0) is 47.5 Å². The molecule has 0 aromatic carbocycles. The number of nitrogens with two attached hydrogens (primary N) is 2. The van der Waals surface area contributed by atoms with E-state index in [4.69, 9.17) is 11.5 Å². The van der Waals surface area contributed by atoms with Gasteiger partial charge in [0.2, 0.25) is 0 Å². The molecule has 0 saturated carbocycles. The van der Waals surface area contributed by atoms with Crippen molar-refractivity contribution in [3.05, 3.63) is 0 Å². The molecule has 1 heterocycles. The van der Waals surface area contributed by atoms with Gasteiger partial charge in [-0.25, -0.2) is 0 Å². The molecule has 0 aromatic heterocycles. The third-order valence-electron chi connectivity index (χ3n) is 4.58. The smallest absolute Gasteiger partial charge is 0.0224 e. The molecule has 19 heavy (non-hydrogen) atoms. The van der Waals surface area contributed by atoms with Gasteiger partial charge in [-0.3, -0.25) is 9.80 Å². The molecule has 4 nitrogen and oxygen atoms in total. The van der Waals surface area contributed by atoms with Crippen LogP contribution in [0.15, 0.2) is 0 Å². The van der Waals surface area contributed by atoms with Crippen LogP contribution in [0.2, 0.25) is 0 Å². The average molecular weight is 270 g/mol. The Kier molecular flexibility index (Phi) is 6.74. The van der Waals surface area contributed by atoms with Crippen LogP contribution < -0.4 is 11.5 Å². The molecule has 1 aliphatic rings. The lowest BCUT2D eigenvalue weighted by Crippen LogP contribution is -2.61. The molecule has 0 radical (unpaired) electrons. The van der Waals surface area contributed by atoms with E-state index in [0.717, 1.165) is 32.5 Å². The normalized spacial score (nSPS) is 33.3.